The largest absolute Gasteiger partial charge is 0.394 e. The van der Waals surface area contributed by atoms with Crippen molar-refractivity contribution in [3.8, 4) is 0 Å². The molecule has 0 saturated carbocycles. The van der Waals surface area contributed by atoms with Gasteiger partial charge in [0.1, 0.15) is 12.2 Å². The number of anilines is 1. The van der Waals surface area contributed by atoms with Gasteiger partial charge in [-0.15, -0.1) is 0 Å². The van der Waals surface area contributed by atoms with Crippen LogP contribution in [0.15, 0.2) is 11.0 Å². The molecule has 0 fully saturated rings. The lowest BCUT2D eigenvalue weighted by molar-refractivity contribution is 0.0188. The Hall–Kier alpha value is -1.29. The maximum absolute atomic E-state index is 12.2. The van der Waals surface area contributed by atoms with Crippen LogP contribution >= 0.6 is 7.60 Å². The highest BCUT2D eigenvalue weighted by molar-refractivity contribution is 7.51. The van der Waals surface area contributed by atoms with Crippen LogP contribution in [-0.2, 0) is 22.3 Å². The lowest BCUT2D eigenvalue weighted by Gasteiger charge is -2.19. The van der Waals surface area contributed by atoms with Crippen LogP contribution in [0.4, 0.5) is 5.82 Å². The van der Waals surface area contributed by atoms with Gasteiger partial charge >= 0.3 is 13.3 Å². The molecular weight excluding hydrogens is 351 g/mol. The fraction of sp³-hybridized carbons (Fsp3) is 0.714. The second-order valence-corrected chi connectivity index (χ2v) is 7.49. The molecule has 0 aliphatic heterocycles. The molecule has 1 aromatic rings. The summed E-state index contributed by atoms with van der Waals surface area (Å²) in [6, 6.07) is 0. The minimum Gasteiger partial charge on any atom is -0.394 e. The van der Waals surface area contributed by atoms with E-state index in [0.29, 0.717) is 18.8 Å². The lowest BCUT2D eigenvalue weighted by Crippen LogP contribution is -2.33. The smallest absolute Gasteiger partial charge is 0.350 e. The van der Waals surface area contributed by atoms with Crippen LogP contribution in [0.25, 0.3) is 0 Å². The molecule has 1 atom stereocenters. The molecule has 0 aromatic carbocycles. The Balaban J connectivity index is 2.86. The Kier molecular flexibility index (Phi) is 8.70. The van der Waals surface area contributed by atoms with E-state index in [0.717, 1.165) is 12.1 Å². The molecule has 144 valence electrons. The van der Waals surface area contributed by atoms with Crippen molar-refractivity contribution in [2.45, 2.75) is 26.0 Å². The normalized spacial score (nSPS) is 13.2. The molecule has 0 aliphatic rings. The Labute approximate surface area is 146 Å². The Morgan fingerprint density at radius 3 is 2.64 bits per heavy atom. The molecule has 0 unspecified atom stereocenters. The predicted octanol–water partition coefficient (Wildman–Crippen LogP) is -0.708. The van der Waals surface area contributed by atoms with Gasteiger partial charge in [0.15, 0.2) is 0 Å². The predicted molar refractivity (Wildman–Crippen MR) is 93.8 cm³/mol. The molecular formula is C14H27N4O6P. The number of aliphatic hydroxyl groups is 1. The number of hydrogen-bond acceptors (Lipinski definition) is 7. The summed E-state index contributed by atoms with van der Waals surface area (Å²) in [4.78, 5) is 35.9. The topological polar surface area (TPSA) is 137 Å². The fourth-order valence-corrected chi connectivity index (χ4v) is 2.47. The van der Waals surface area contributed by atoms with Gasteiger partial charge in [-0.1, -0.05) is 6.92 Å². The fourth-order valence-electron chi connectivity index (χ4n) is 2.06. The SMILES string of the molecule is CCc1cn(C[C@@H](CO)OCP(=O)(O)O)c(=O)nc1NCCN(C)C. The number of nitrogens with one attached hydrogen (secondary N) is 1. The van der Waals surface area contributed by atoms with Crippen molar-refractivity contribution < 1.29 is 24.2 Å². The average Bonchev–Trinajstić information content (AvgIpc) is 2.51. The summed E-state index contributed by atoms with van der Waals surface area (Å²) in [5.74, 6) is 0.516. The Bertz CT molecular complexity index is 645. The minimum atomic E-state index is -4.34. The molecule has 1 aromatic heterocycles. The zero-order valence-electron chi connectivity index (χ0n) is 14.8. The summed E-state index contributed by atoms with van der Waals surface area (Å²) >= 11 is 0. The summed E-state index contributed by atoms with van der Waals surface area (Å²) in [5, 5.41) is 12.4. The van der Waals surface area contributed by atoms with Crippen LogP contribution in [0.2, 0.25) is 0 Å². The van der Waals surface area contributed by atoms with Crippen molar-refractivity contribution in [1.29, 1.82) is 0 Å². The van der Waals surface area contributed by atoms with Gasteiger partial charge in [-0.05, 0) is 20.5 Å². The van der Waals surface area contributed by atoms with Gasteiger partial charge < -0.3 is 29.8 Å². The standard InChI is InChI=1S/C14H27N4O6P/c1-4-11-7-18(8-12(9-19)24-10-25(21,22)23)14(20)16-13(11)15-5-6-17(2)3/h7,12,19H,4-6,8-10H2,1-3H3,(H,15,16,20)(H2,21,22,23)/t12-/m0/s1. The maximum atomic E-state index is 12.2. The lowest BCUT2D eigenvalue weighted by atomic mass is 10.2. The summed E-state index contributed by atoms with van der Waals surface area (Å²) < 4.78 is 17.1. The Morgan fingerprint density at radius 2 is 2.12 bits per heavy atom. The number of aromatic nitrogens is 2. The van der Waals surface area contributed by atoms with Crippen LogP contribution < -0.4 is 11.0 Å². The molecule has 1 rings (SSSR count). The highest BCUT2D eigenvalue weighted by atomic mass is 31.2. The molecule has 0 amide bonds. The van der Waals surface area contributed by atoms with Crippen molar-refractivity contribution in [2.75, 3.05) is 45.5 Å². The van der Waals surface area contributed by atoms with Crippen molar-refractivity contribution in [1.82, 2.24) is 14.5 Å². The van der Waals surface area contributed by atoms with Gasteiger partial charge in [0.2, 0.25) is 0 Å². The first-order valence-electron chi connectivity index (χ1n) is 7.92. The number of likely N-dealkylation sites (N-methyl/N-ethyl adjacent to an activating group) is 1. The summed E-state index contributed by atoms with van der Waals surface area (Å²) in [7, 11) is -0.454. The minimum absolute atomic E-state index is 0.0483. The first kappa shape index (κ1) is 21.8. The summed E-state index contributed by atoms with van der Waals surface area (Å²) in [6.45, 7) is 2.83. The van der Waals surface area contributed by atoms with E-state index in [-0.39, 0.29) is 6.54 Å². The second-order valence-electron chi connectivity index (χ2n) is 5.90. The van der Waals surface area contributed by atoms with E-state index >= 15 is 0 Å². The van der Waals surface area contributed by atoms with Gasteiger partial charge in [-0.25, -0.2) is 4.79 Å². The summed E-state index contributed by atoms with van der Waals surface area (Å²) in [6.07, 6.45) is 0.539. The molecule has 0 radical (unpaired) electrons. The monoisotopic (exact) mass is 378 g/mol. The van der Waals surface area contributed by atoms with Crippen LogP contribution in [0.1, 0.15) is 12.5 Å². The van der Waals surface area contributed by atoms with Gasteiger partial charge in [0, 0.05) is 24.8 Å². The van der Waals surface area contributed by atoms with E-state index in [2.05, 4.69) is 10.3 Å². The molecule has 0 bridgehead atoms. The molecule has 10 nitrogen and oxygen atoms in total. The molecule has 4 N–H and O–H groups in total. The van der Waals surface area contributed by atoms with E-state index in [1.54, 1.807) is 6.20 Å². The van der Waals surface area contributed by atoms with Crippen molar-refractivity contribution in [2.24, 2.45) is 0 Å². The number of rotatable bonds is 11. The molecule has 25 heavy (non-hydrogen) atoms. The third-order valence-corrected chi connectivity index (χ3v) is 3.87. The zero-order valence-corrected chi connectivity index (χ0v) is 15.6. The van der Waals surface area contributed by atoms with Crippen molar-refractivity contribution >= 4 is 13.4 Å². The maximum Gasteiger partial charge on any atom is 0.350 e. The molecule has 0 saturated heterocycles. The average molecular weight is 378 g/mol. The van der Waals surface area contributed by atoms with E-state index in [4.69, 9.17) is 14.5 Å². The van der Waals surface area contributed by atoms with Gasteiger partial charge in [-0.2, -0.15) is 4.98 Å². The van der Waals surface area contributed by atoms with Crippen molar-refractivity contribution in [3.05, 3.63) is 22.2 Å². The highest BCUT2D eigenvalue weighted by Gasteiger charge is 2.19. The third kappa shape index (κ3) is 8.08. The molecule has 11 heteroatoms. The van der Waals surface area contributed by atoms with Crippen LogP contribution in [0.5, 0.6) is 0 Å². The molecule has 0 aliphatic carbocycles. The van der Waals surface area contributed by atoms with Crippen LogP contribution in [-0.4, -0.2) is 75.6 Å². The van der Waals surface area contributed by atoms with Gasteiger partial charge in [0.05, 0.1) is 19.3 Å². The number of nitrogens with zero attached hydrogens (tertiary/aromatic N) is 3. The number of hydrogen-bond donors (Lipinski definition) is 4. The van der Waals surface area contributed by atoms with Gasteiger partial charge in [-0.3, -0.25) is 9.13 Å². The number of aliphatic hydroxyl groups excluding tert-OH is 1. The second kappa shape index (κ2) is 10.0. The first-order valence-corrected chi connectivity index (χ1v) is 9.72. The zero-order chi connectivity index (χ0) is 19.0. The van der Waals surface area contributed by atoms with Crippen molar-refractivity contribution in [3.63, 3.8) is 0 Å². The van der Waals surface area contributed by atoms with E-state index in [1.807, 2.05) is 25.9 Å². The molecule has 1 heterocycles. The third-order valence-electron chi connectivity index (χ3n) is 3.38. The first-order chi connectivity index (χ1) is 11.7. The quantitative estimate of drug-likeness (QED) is 0.368. The Morgan fingerprint density at radius 1 is 1.44 bits per heavy atom. The number of aryl methyl sites for hydroxylation is 1. The number of ether oxygens (including phenoxy) is 1. The van der Waals surface area contributed by atoms with E-state index in [9.17, 15) is 14.5 Å². The van der Waals surface area contributed by atoms with Crippen LogP contribution in [0.3, 0.4) is 0 Å². The highest BCUT2D eigenvalue weighted by Crippen LogP contribution is 2.34. The van der Waals surface area contributed by atoms with E-state index < -0.39 is 32.3 Å². The van der Waals surface area contributed by atoms with E-state index in [1.165, 1.54) is 4.57 Å². The summed E-state index contributed by atoms with van der Waals surface area (Å²) in [5.41, 5.74) is 0.299. The molecule has 0 spiro atoms. The van der Waals surface area contributed by atoms with Gasteiger partial charge in [0.25, 0.3) is 0 Å². The van der Waals surface area contributed by atoms with Crippen LogP contribution in [0, 0.1) is 0 Å².